The maximum absolute atomic E-state index is 2.34. The fourth-order valence-electron chi connectivity index (χ4n) is 2.63. The molecule has 0 aromatic rings. The van der Waals surface area contributed by atoms with Crippen LogP contribution in [0, 0.1) is 0 Å². The lowest BCUT2D eigenvalue weighted by atomic mass is 10.1. The molecule has 0 bridgehead atoms. The van der Waals surface area contributed by atoms with Crippen LogP contribution in [0.15, 0.2) is 0 Å². The van der Waals surface area contributed by atoms with Crippen molar-refractivity contribution >= 4 is 0 Å². The van der Waals surface area contributed by atoms with Gasteiger partial charge in [-0.1, -0.05) is 47.0 Å². The van der Waals surface area contributed by atoms with E-state index in [9.17, 15) is 0 Å². The molecule has 0 fully saturated rings. The summed E-state index contributed by atoms with van der Waals surface area (Å²) in [6.45, 7) is 15.0. The molecule has 0 N–H and O–H groups in total. The monoisotopic (exact) mass is 247 g/mol. The minimum Gasteiger partial charge on any atom is -1.00 e. The van der Waals surface area contributed by atoms with E-state index in [1.165, 1.54) is 75.6 Å². The van der Waals surface area contributed by atoms with Gasteiger partial charge in [-0.15, -0.1) is 0 Å². The van der Waals surface area contributed by atoms with Gasteiger partial charge in [0, 0.05) is 0 Å². The minimum atomic E-state index is 0. The molecule has 0 saturated heterocycles. The molecule has 0 aromatic carbocycles. The van der Waals surface area contributed by atoms with Gasteiger partial charge < -0.3 is 9.19 Å². The number of unbranched alkanes of at least 4 members (excludes halogenated alkanes) is 3. The van der Waals surface area contributed by atoms with Crippen LogP contribution in [0.5, 0.6) is 0 Å². The summed E-state index contributed by atoms with van der Waals surface area (Å²) in [6, 6.07) is 0. The normalized spacial score (nSPS) is 11.3. The van der Waals surface area contributed by atoms with Crippen LogP contribution in [-0.2, 0) is 0 Å². The second-order valence-electron chi connectivity index (χ2n) is 5.30. The predicted octanol–water partition coefficient (Wildman–Crippen LogP) is 1.62. The maximum atomic E-state index is 2.34. The fraction of sp³-hybridized carbons (Fsp3) is 1.00. The first-order valence-electron chi connectivity index (χ1n) is 7.59. The SMILES string of the molecule is CCCC[N+](CCC)(CCCC)CCCC.[F-]. The van der Waals surface area contributed by atoms with Crippen molar-refractivity contribution in [1.82, 2.24) is 0 Å². The first-order valence-corrected chi connectivity index (χ1v) is 7.59. The molecule has 0 aliphatic heterocycles. The van der Waals surface area contributed by atoms with E-state index in [2.05, 4.69) is 27.7 Å². The van der Waals surface area contributed by atoms with Crippen molar-refractivity contribution in [3.8, 4) is 0 Å². The molecule has 17 heavy (non-hydrogen) atoms. The van der Waals surface area contributed by atoms with E-state index in [0.29, 0.717) is 0 Å². The zero-order valence-electron chi connectivity index (χ0n) is 12.6. The standard InChI is InChI=1S/C15H34N.FH/c1-5-9-13-16(12-8-4,14-10-6-2)15-11-7-3;/h5-15H2,1-4H3;1H/q+1;/p-1. The predicted molar refractivity (Wildman–Crippen MR) is 74.7 cm³/mol. The van der Waals surface area contributed by atoms with Crippen molar-refractivity contribution in [2.45, 2.75) is 72.6 Å². The Morgan fingerprint density at radius 3 is 1.12 bits per heavy atom. The average Bonchev–Trinajstić information content (AvgIpc) is 2.31. The van der Waals surface area contributed by atoms with Gasteiger partial charge in [-0.2, -0.15) is 0 Å². The lowest BCUT2D eigenvalue weighted by molar-refractivity contribution is -0.928. The first kappa shape index (κ1) is 19.2. The highest BCUT2D eigenvalue weighted by molar-refractivity contribution is 4.48. The van der Waals surface area contributed by atoms with Crippen molar-refractivity contribution in [2.24, 2.45) is 0 Å². The van der Waals surface area contributed by atoms with Gasteiger partial charge in [-0.3, -0.25) is 0 Å². The van der Waals surface area contributed by atoms with Crippen molar-refractivity contribution in [2.75, 3.05) is 26.2 Å². The van der Waals surface area contributed by atoms with Gasteiger partial charge in [0.15, 0.2) is 0 Å². The Kier molecular flexibility index (Phi) is 14.0. The van der Waals surface area contributed by atoms with E-state index in [-0.39, 0.29) is 4.70 Å². The second kappa shape index (κ2) is 12.3. The molecule has 2 heteroatoms. The van der Waals surface area contributed by atoms with E-state index in [0.717, 1.165) is 0 Å². The molecule has 0 saturated carbocycles. The van der Waals surface area contributed by atoms with Crippen LogP contribution in [0.4, 0.5) is 0 Å². The van der Waals surface area contributed by atoms with Crippen LogP contribution in [-0.4, -0.2) is 30.7 Å². The molecular formula is C15H34FN. The Labute approximate surface area is 109 Å². The molecule has 0 aliphatic rings. The van der Waals surface area contributed by atoms with Crippen molar-refractivity contribution in [1.29, 1.82) is 0 Å². The van der Waals surface area contributed by atoms with E-state index in [4.69, 9.17) is 0 Å². The summed E-state index contributed by atoms with van der Waals surface area (Å²) in [6.07, 6.45) is 9.62. The molecule has 106 valence electrons. The van der Waals surface area contributed by atoms with Crippen LogP contribution in [0.2, 0.25) is 0 Å². The van der Waals surface area contributed by atoms with Gasteiger partial charge in [0.05, 0.1) is 26.2 Å². The molecule has 0 unspecified atom stereocenters. The van der Waals surface area contributed by atoms with Crippen molar-refractivity contribution in [3.05, 3.63) is 0 Å². The smallest absolute Gasteiger partial charge is 0.0786 e. The highest BCUT2D eigenvalue weighted by atomic mass is 19.0. The maximum Gasteiger partial charge on any atom is 0.0786 e. The highest BCUT2D eigenvalue weighted by Gasteiger charge is 2.24. The van der Waals surface area contributed by atoms with Crippen molar-refractivity contribution in [3.63, 3.8) is 0 Å². The molecule has 0 atom stereocenters. The summed E-state index contributed by atoms with van der Waals surface area (Å²) >= 11 is 0. The number of halogens is 1. The average molecular weight is 247 g/mol. The quantitative estimate of drug-likeness (QED) is 0.487. The van der Waals surface area contributed by atoms with Gasteiger partial charge in [-0.25, -0.2) is 0 Å². The summed E-state index contributed by atoms with van der Waals surface area (Å²) in [4.78, 5) is 0. The van der Waals surface area contributed by atoms with Crippen LogP contribution < -0.4 is 4.70 Å². The Hall–Kier alpha value is -0.110. The van der Waals surface area contributed by atoms with E-state index < -0.39 is 0 Å². The molecule has 0 rings (SSSR count). The van der Waals surface area contributed by atoms with Crippen LogP contribution in [0.3, 0.4) is 0 Å². The van der Waals surface area contributed by atoms with E-state index >= 15 is 0 Å². The summed E-state index contributed by atoms with van der Waals surface area (Å²) in [5.41, 5.74) is 0. The number of quaternary nitrogens is 1. The molecular weight excluding hydrogens is 213 g/mol. The second-order valence-corrected chi connectivity index (χ2v) is 5.30. The molecule has 0 aromatic heterocycles. The summed E-state index contributed by atoms with van der Waals surface area (Å²) < 4.78 is 1.41. The Morgan fingerprint density at radius 2 is 0.882 bits per heavy atom. The lowest BCUT2D eigenvalue weighted by Gasteiger charge is -2.39. The topological polar surface area (TPSA) is 0 Å². The van der Waals surface area contributed by atoms with Gasteiger partial charge in [0.2, 0.25) is 0 Å². The molecule has 0 heterocycles. The van der Waals surface area contributed by atoms with Crippen LogP contribution in [0.25, 0.3) is 0 Å². The van der Waals surface area contributed by atoms with Gasteiger partial charge in [0.1, 0.15) is 0 Å². The number of nitrogens with zero attached hydrogens (tertiary/aromatic N) is 1. The van der Waals surface area contributed by atoms with E-state index in [1.54, 1.807) is 0 Å². The number of hydrogen-bond donors (Lipinski definition) is 0. The summed E-state index contributed by atoms with van der Waals surface area (Å²) in [5, 5.41) is 0. The van der Waals surface area contributed by atoms with Gasteiger partial charge in [0.25, 0.3) is 0 Å². The molecule has 0 radical (unpaired) electrons. The third kappa shape index (κ3) is 8.59. The van der Waals surface area contributed by atoms with Crippen molar-refractivity contribution < 1.29 is 9.19 Å². The first-order chi connectivity index (χ1) is 7.74. The zero-order chi connectivity index (χ0) is 12.3. The molecule has 0 amide bonds. The molecule has 1 nitrogen and oxygen atoms in total. The van der Waals surface area contributed by atoms with Gasteiger partial charge >= 0.3 is 0 Å². The highest BCUT2D eigenvalue weighted by Crippen LogP contribution is 2.15. The Bertz CT molecular complexity index is 126. The fourth-order valence-corrected chi connectivity index (χ4v) is 2.63. The largest absolute Gasteiger partial charge is 1.00 e. The third-order valence-electron chi connectivity index (χ3n) is 3.66. The van der Waals surface area contributed by atoms with Crippen LogP contribution in [0.1, 0.15) is 72.6 Å². The minimum absolute atomic E-state index is 0. The number of hydrogen-bond acceptors (Lipinski definition) is 0. The molecule has 0 spiro atoms. The third-order valence-corrected chi connectivity index (χ3v) is 3.66. The lowest BCUT2D eigenvalue weighted by Crippen LogP contribution is -3.00. The number of rotatable bonds is 11. The summed E-state index contributed by atoms with van der Waals surface area (Å²) in [7, 11) is 0. The Morgan fingerprint density at radius 1 is 0.529 bits per heavy atom. The molecule has 0 aliphatic carbocycles. The van der Waals surface area contributed by atoms with Gasteiger partial charge in [-0.05, 0) is 25.7 Å². The van der Waals surface area contributed by atoms with E-state index in [1.807, 2.05) is 0 Å². The summed E-state index contributed by atoms with van der Waals surface area (Å²) in [5.74, 6) is 0. The van der Waals surface area contributed by atoms with Crippen LogP contribution >= 0.6 is 0 Å². The Balaban J connectivity index is 0. The zero-order valence-corrected chi connectivity index (χ0v) is 12.6.